The number of ether oxygens (including phenoxy) is 2. The fraction of sp³-hybridized carbons (Fsp3) is 0.842. The smallest absolute Gasteiger partial charge is 0.306 e. The molecule has 0 spiro atoms. The van der Waals surface area contributed by atoms with Crippen LogP contribution in [-0.2, 0) is 19.1 Å². The molecule has 0 rings (SSSR count). The molecule has 0 aliphatic carbocycles. The SMILES string of the molecule is CCCC/C=C\CCCCCCCC(=O)OCC(CO)OC(=O)CCCCCCCCC/C=C\CCCCCCCCC. The zero-order valence-corrected chi connectivity index (χ0v) is 28.5. The lowest BCUT2D eigenvalue weighted by Gasteiger charge is -2.15. The predicted octanol–water partition coefficient (Wildman–Crippen LogP) is 11.1. The highest BCUT2D eigenvalue weighted by Crippen LogP contribution is 2.13. The van der Waals surface area contributed by atoms with Gasteiger partial charge in [-0.25, -0.2) is 0 Å². The van der Waals surface area contributed by atoms with E-state index in [1.165, 1.54) is 116 Å². The number of carbonyl (C=O) groups excluding carboxylic acids is 2. The third-order valence-corrected chi connectivity index (χ3v) is 7.97. The van der Waals surface area contributed by atoms with E-state index in [1.807, 2.05) is 0 Å². The summed E-state index contributed by atoms with van der Waals surface area (Å²) in [6.07, 6.45) is 39.5. The summed E-state index contributed by atoms with van der Waals surface area (Å²) in [6, 6.07) is 0. The van der Waals surface area contributed by atoms with E-state index in [4.69, 9.17) is 9.47 Å². The number of esters is 2. The van der Waals surface area contributed by atoms with Crippen molar-refractivity contribution in [3.8, 4) is 0 Å². The summed E-state index contributed by atoms with van der Waals surface area (Å²) in [6.45, 7) is 4.08. The van der Waals surface area contributed by atoms with Gasteiger partial charge in [0.05, 0.1) is 6.61 Å². The number of carbonyl (C=O) groups is 2. The van der Waals surface area contributed by atoms with Crippen LogP contribution in [-0.4, -0.2) is 36.4 Å². The van der Waals surface area contributed by atoms with E-state index in [0.29, 0.717) is 12.8 Å². The number of unbranched alkanes of at least 4 members (excludes halogenated alkanes) is 21. The highest BCUT2D eigenvalue weighted by Gasteiger charge is 2.16. The largest absolute Gasteiger partial charge is 0.462 e. The van der Waals surface area contributed by atoms with Crippen molar-refractivity contribution in [1.82, 2.24) is 0 Å². The van der Waals surface area contributed by atoms with E-state index in [0.717, 1.165) is 44.9 Å². The molecule has 1 atom stereocenters. The Kier molecular flexibility index (Phi) is 33.6. The van der Waals surface area contributed by atoms with E-state index in [9.17, 15) is 14.7 Å². The highest BCUT2D eigenvalue weighted by atomic mass is 16.6. The first-order valence-corrected chi connectivity index (χ1v) is 18.4. The Morgan fingerprint density at radius 1 is 0.512 bits per heavy atom. The molecule has 0 fully saturated rings. The number of hydrogen-bond donors (Lipinski definition) is 1. The van der Waals surface area contributed by atoms with Crippen LogP contribution in [0.5, 0.6) is 0 Å². The molecule has 0 amide bonds. The number of allylic oxidation sites excluding steroid dienone is 4. The summed E-state index contributed by atoms with van der Waals surface area (Å²) >= 11 is 0. The number of aliphatic hydroxyl groups is 1. The first kappa shape index (κ1) is 41.4. The number of rotatable bonds is 33. The van der Waals surface area contributed by atoms with Crippen molar-refractivity contribution >= 4 is 11.9 Å². The lowest BCUT2D eigenvalue weighted by Crippen LogP contribution is -2.28. The van der Waals surface area contributed by atoms with Crippen LogP contribution in [0.3, 0.4) is 0 Å². The van der Waals surface area contributed by atoms with Crippen LogP contribution in [0.25, 0.3) is 0 Å². The van der Waals surface area contributed by atoms with Gasteiger partial charge in [0, 0.05) is 12.8 Å². The second kappa shape index (κ2) is 34.9. The molecule has 1 N–H and O–H groups in total. The average Bonchev–Trinajstić information content (AvgIpc) is 3.01. The van der Waals surface area contributed by atoms with E-state index < -0.39 is 6.10 Å². The molecule has 0 aromatic carbocycles. The minimum atomic E-state index is -0.772. The van der Waals surface area contributed by atoms with E-state index in [2.05, 4.69) is 38.2 Å². The Balaban J connectivity index is 3.55. The molecule has 0 saturated heterocycles. The summed E-state index contributed by atoms with van der Waals surface area (Å²) in [5, 5.41) is 9.52. The van der Waals surface area contributed by atoms with Gasteiger partial charge in [0.2, 0.25) is 0 Å². The maximum absolute atomic E-state index is 12.1. The molecule has 0 radical (unpaired) electrons. The molecule has 0 aliphatic heterocycles. The number of aliphatic hydroxyl groups excluding tert-OH is 1. The lowest BCUT2D eigenvalue weighted by molar-refractivity contribution is -0.161. The van der Waals surface area contributed by atoms with Crippen LogP contribution in [0.1, 0.15) is 187 Å². The van der Waals surface area contributed by atoms with E-state index >= 15 is 0 Å². The average molecular weight is 607 g/mol. The molecule has 0 aliphatic rings. The van der Waals surface area contributed by atoms with Crippen molar-refractivity contribution in [3.63, 3.8) is 0 Å². The molecule has 5 heteroatoms. The van der Waals surface area contributed by atoms with Crippen LogP contribution in [0.15, 0.2) is 24.3 Å². The first-order chi connectivity index (χ1) is 21.1. The van der Waals surface area contributed by atoms with Gasteiger partial charge in [-0.2, -0.15) is 0 Å². The Labute approximate surface area is 266 Å². The van der Waals surface area contributed by atoms with Gasteiger partial charge < -0.3 is 14.6 Å². The molecule has 0 bridgehead atoms. The Morgan fingerprint density at radius 2 is 0.884 bits per heavy atom. The normalized spacial score (nSPS) is 12.3. The van der Waals surface area contributed by atoms with Crippen LogP contribution in [0.4, 0.5) is 0 Å². The molecule has 5 nitrogen and oxygen atoms in total. The third kappa shape index (κ3) is 33.1. The van der Waals surface area contributed by atoms with Crippen molar-refractivity contribution in [2.45, 2.75) is 193 Å². The van der Waals surface area contributed by atoms with Gasteiger partial charge in [-0.05, 0) is 57.8 Å². The minimum Gasteiger partial charge on any atom is -0.462 e. The second-order valence-corrected chi connectivity index (χ2v) is 12.3. The molecule has 252 valence electrons. The van der Waals surface area contributed by atoms with Crippen molar-refractivity contribution in [2.24, 2.45) is 0 Å². The summed E-state index contributed by atoms with van der Waals surface area (Å²) in [5.74, 6) is -0.605. The zero-order valence-electron chi connectivity index (χ0n) is 28.5. The Morgan fingerprint density at radius 3 is 1.33 bits per heavy atom. The Hall–Kier alpha value is -1.62. The standard InChI is InChI=1S/C38H70O5/c1-3-5-7-9-11-13-15-16-17-18-19-20-21-23-25-27-29-31-33-38(41)43-36(34-39)35-42-37(40)32-30-28-26-24-22-14-12-10-8-6-4-2/h10,12,17-18,36,39H,3-9,11,13-16,19-35H2,1-2H3/b12-10-,18-17-. The van der Waals surface area contributed by atoms with Crippen LogP contribution in [0, 0.1) is 0 Å². The van der Waals surface area contributed by atoms with Gasteiger partial charge in [-0.15, -0.1) is 0 Å². The fourth-order valence-electron chi connectivity index (χ4n) is 5.12. The lowest BCUT2D eigenvalue weighted by atomic mass is 10.1. The molecule has 1 unspecified atom stereocenters. The summed E-state index contributed by atoms with van der Waals surface area (Å²) in [7, 11) is 0. The van der Waals surface area contributed by atoms with Crippen LogP contribution < -0.4 is 0 Å². The molecular weight excluding hydrogens is 536 g/mol. The van der Waals surface area contributed by atoms with Gasteiger partial charge >= 0.3 is 11.9 Å². The van der Waals surface area contributed by atoms with Crippen molar-refractivity contribution in [3.05, 3.63) is 24.3 Å². The molecular formula is C38H70O5. The molecule has 0 saturated carbocycles. The fourth-order valence-corrected chi connectivity index (χ4v) is 5.12. The second-order valence-electron chi connectivity index (χ2n) is 12.3. The van der Waals surface area contributed by atoms with Gasteiger partial charge in [-0.1, -0.05) is 141 Å². The highest BCUT2D eigenvalue weighted by molar-refractivity contribution is 5.70. The molecule has 0 aromatic heterocycles. The Bertz CT molecular complexity index is 657. The molecule has 43 heavy (non-hydrogen) atoms. The first-order valence-electron chi connectivity index (χ1n) is 18.4. The third-order valence-electron chi connectivity index (χ3n) is 7.97. The van der Waals surface area contributed by atoms with Gasteiger partial charge in [0.15, 0.2) is 6.10 Å². The van der Waals surface area contributed by atoms with E-state index in [1.54, 1.807) is 0 Å². The van der Waals surface area contributed by atoms with Gasteiger partial charge in [0.1, 0.15) is 6.61 Å². The maximum Gasteiger partial charge on any atom is 0.306 e. The van der Waals surface area contributed by atoms with Gasteiger partial charge in [-0.3, -0.25) is 9.59 Å². The summed E-state index contributed by atoms with van der Waals surface area (Å²) in [4.78, 5) is 24.1. The van der Waals surface area contributed by atoms with Crippen LogP contribution in [0.2, 0.25) is 0 Å². The topological polar surface area (TPSA) is 72.8 Å². The monoisotopic (exact) mass is 607 g/mol. The van der Waals surface area contributed by atoms with Crippen molar-refractivity contribution in [1.29, 1.82) is 0 Å². The summed E-state index contributed by atoms with van der Waals surface area (Å²) < 4.78 is 10.6. The van der Waals surface area contributed by atoms with Crippen molar-refractivity contribution < 1.29 is 24.2 Å². The van der Waals surface area contributed by atoms with Crippen molar-refractivity contribution in [2.75, 3.05) is 13.2 Å². The zero-order chi connectivity index (χ0) is 31.5. The molecule has 0 heterocycles. The van der Waals surface area contributed by atoms with Crippen LogP contribution >= 0.6 is 0 Å². The minimum absolute atomic E-state index is 0.0697. The maximum atomic E-state index is 12.1. The van der Waals surface area contributed by atoms with E-state index in [-0.39, 0.29) is 25.2 Å². The predicted molar refractivity (Wildman–Crippen MR) is 182 cm³/mol. The molecule has 0 aromatic rings. The quantitative estimate of drug-likeness (QED) is 0.0457. The number of hydrogen-bond acceptors (Lipinski definition) is 5. The summed E-state index contributed by atoms with van der Waals surface area (Å²) in [5.41, 5.74) is 0. The van der Waals surface area contributed by atoms with Gasteiger partial charge in [0.25, 0.3) is 0 Å².